The first-order chi connectivity index (χ1) is 7.72. The average Bonchev–Trinajstić information content (AvgIpc) is 2.70. The van der Waals surface area contributed by atoms with Crippen LogP contribution in [0, 0.1) is 0 Å². The summed E-state index contributed by atoms with van der Waals surface area (Å²) in [7, 11) is 0. The summed E-state index contributed by atoms with van der Waals surface area (Å²) in [4.78, 5) is 0. The minimum atomic E-state index is 0.580. The number of hydrogen-bond donors (Lipinski definition) is 1. The third-order valence-corrected chi connectivity index (χ3v) is 2.39. The van der Waals surface area contributed by atoms with Gasteiger partial charge in [-0.15, -0.1) is 0 Å². The Balaban J connectivity index is 2.16. The number of aryl methyl sites for hydroxylation is 1. The van der Waals surface area contributed by atoms with Crippen LogP contribution in [0.25, 0.3) is 0 Å². The molecule has 0 amide bonds. The van der Waals surface area contributed by atoms with Gasteiger partial charge in [-0.1, -0.05) is 26.0 Å². The number of hydrogen-bond acceptors (Lipinski definition) is 2. The van der Waals surface area contributed by atoms with Crippen molar-refractivity contribution in [1.29, 1.82) is 0 Å². The summed E-state index contributed by atoms with van der Waals surface area (Å²) >= 11 is 0. The third-order valence-electron chi connectivity index (χ3n) is 2.39. The van der Waals surface area contributed by atoms with Crippen molar-refractivity contribution < 1.29 is 0 Å². The van der Waals surface area contributed by atoms with Crippen LogP contribution >= 0.6 is 0 Å². The van der Waals surface area contributed by atoms with E-state index in [9.17, 15) is 0 Å². The Bertz CT molecular complexity index is 313. The number of rotatable bonds is 7. The van der Waals surface area contributed by atoms with Crippen molar-refractivity contribution in [2.75, 3.05) is 6.54 Å². The largest absolute Gasteiger partial charge is 0.314 e. The molecule has 0 aliphatic carbocycles. The molecule has 1 aromatic rings. The van der Waals surface area contributed by atoms with E-state index < -0.39 is 0 Å². The molecule has 1 rings (SSSR count). The molecule has 0 unspecified atom stereocenters. The second kappa shape index (κ2) is 7.23. The van der Waals surface area contributed by atoms with E-state index in [2.05, 4.69) is 49.5 Å². The normalized spacial score (nSPS) is 11.8. The molecule has 3 heteroatoms. The van der Waals surface area contributed by atoms with Crippen molar-refractivity contribution in [3.63, 3.8) is 0 Å². The smallest absolute Gasteiger partial charge is 0.0524 e. The highest BCUT2D eigenvalue weighted by Gasteiger charge is 1.93. The molecule has 3 nitrogen and oxygen atoms in total. The maximum absolute atomic E-state index is 4.24. The summed E-state index contributed by atoms with van der Waals surface area (Å²) in [5, 5.41) is 7.63. The van der Waals surface area contributed by atoms with E-state index in [1.54, 1.807) is 0 Å². The quantitative estimate of drug-likeness (QED) is 0.566. The fraction of sp³-hybridized carbons (Fsp3) is 0.615. The Kier molecular flexibility index (Phi) is 5.86. The molecular weight excluding hydrogens is 198 g/mol. The molecule has 1 aromatic heterocycles. The first-order valence-electron chi connectivity index (χ1n) is 6.12. The average molecular weight is 221 g/mol. The summed E-state index contributed by atoms with van der Waals surface area (Å²) in [6.07, 6.45) is 10.6. The zero-order valence-corrected chi connectivity index (χ0v) is 10.6. The van der Waals surface area contributed by atoms with Crippen molar-refractivity contribution in [3.05, 3.63) is 30.1 Å². The maximum Gasteiger partial charge on any atom is 0.0524 e. The van der Waals surface area contributed by atoms with Crippen LogP contribution in [-0.4, -0.2) is 22.4 Å². The summed E-state index contributed by atoms with van der Waals surface area (Å²) in [6.45, 7) is 8.44. The minimum Gasteiger partial charge on any atom is -0.314 e. The topological polar surface area (TPSA) is 29.9 Å². The van der Waals surface area contributed by atoms with Crippen LogP contribution in [-0.2, 0) is 13.0 Å². The molecule has 0 aliphatic rings. The highest BCUT2D eigenvalue weighted by Crippen LogP contribution is 2.00. The lowest BCUT2D eigenvalue weighted by atomic mass is 10.2. The molecule has 0 aromatic carbocycles. The first kappa shape index (κ1) is 13.0. The summed E-state index contributed by atoms with van der Waals surface area (Å²) < 4.78 is 1.96. The van der Waals surface area contributed by atoms with E-state index >= 15 is 0 Å². The number of allylic oxidation sites excluding steroid dienone is 1. The van der Waals surface area contributed by atoms with Gasteiger partial charge in [-0.3, -0.25) is 4.68 Å². The SMILES string of the molecule is CCn1cc(CC=CCCNC(C)C)cn1. The van der Waals surface area contributed by atoms with Gasteiger partial charge in [0.25, 0.3) is 0 Å². The summed E-state index contributed by atoms with van der Waals surface area (Å²) in [5.74, 6) is 0. The van der Waals surface area contributed by atoms with E-state index in [0.29, 0.717) is 6.04 Å². The highest BCUT2D eigenvalue weighted by molar-refractivity contribution is 5.09. The van der Waals surface area contributed by atoms with E-state index in [-0.39, 0.29) is 0 Å². The lowest BCUT2D eigenvalue weighted by Gasteiger charge is -2.04. The van der Waals surface area contributed by atoms with Gasteiger partial charge in [0.2, 0.25) is 0 Å². The zero-order chi connectivity index (χ0) is 11.8. The van der Waals surface area contributed by atoms with Crippen LogP contribution < -0.4 is 5.32 Å². The van der Waals surface area contributed by atoms with Crippen molar-refractivity contribution in [2.24, 2.45) is 0 Å². The summed E-state index contributed by atoms with van der Waals surface area (Å²) in [6, 6.07) is 0.580. The van der Waals surface area contributed by atoms with Crippen molar-refractivity contribution in [1.82, 2.24) is 15.1 Å². The van der Waals surface area contributed by atoms with Crippen LogP contribution in [0.15, 0.2) is 24.5 Å². The van der Waals surface area contributed by atoms with Gasteiger partial charge in [-0.2, -0.15) is 5.10 Å². The second-order valence-electron chi connectivity index (χ2n) is 4.28. The molecule has 90 valence electrons. The molecule has 0 fully saturated rings. The van der Waals surface area contributed by atoms with Crippen LogP contribution in [0.2, 0.25) is 0 Å². The summed E-state index contributed by atoms with van der Waals surface area (Å²) in [5.41, 5.74) is 1.29. The monoisotopic (exact) mass is 221 g/mol. The third kappa shape index (κ3) is 5.12. The van der Waals surface area contributed by atoms with Gasteiger partial charge in [0.05, 0.1) is 6.20 Å². The van der Waals surface area contributed by atoms with Gasteiger partial charge in [0.15, 0.2) is 0 Å². The standard InChI is InChI=1S/C13H23N3/c1-4-16-11-13(10-15-16)8-6-5-7-9-14-12(2)3/h5-6,10-12,14H,4,7-9H2,1-3H3. The zero-order valence-electron chi connectivity index (χ0n) is 10.6. The van der Waals surface area contributed by atoms with Crippen LogP contribution in [0.5, 0.6) is 0 Å². The van der Waals surface area contributed by atoms with E-state index in [4.69, 9.17) is 0 Å². The van der Waals surface area contributed by atoms with Crippen molar-refractivity contribution in [3.8, 4) is 0 Å². The Labute approximate surface area is 98.5 Å². The van der Waals surface area contributed by atoms with Gasteiger partial charge < -0.3 is 5.32 Å². The predicted octanol–water partition coefficient (Wildman–Crippen LogP) is 2.39. The van der Waals surface area contributed by atoms with Gasteiger partial charge in [-0.05, 0) is 31.9 Å². The number of nitrogens with zero attached hydrogens (tertiary/aromatic N) is 2. The van der Waals surface area contributed by atoms with Gasteiger partial charge in [-0.25, -0.2) is 0 Å². The predicted molar refractivity (Wildman–Crippen MR) is 68.5 cm³/mol. The number of aromatic nitrogens is 2. The molecule has 0 aliphatic heterocycles. The molecule has 16 heavy (non-hydrogen) atoms. The Morgan fingerprint density at radius 3 is 2.88 bits per heavy atom. The van der Waals surface area contributed by atoms with E-state index in [1.807, 2.05) is 10.9 Å². The Morgan fingerprint density at radius 1 is 1.44 bits per heavy atom. The lowest BCUT2D eigenvalue weighted by Crippen LogP contribution is -2.23. The van der Waals surface area contributed by atoms with E-state index in [0.717, 1.165) is 25.9 Å². The number of nitrogens with one attached hydrogen (secondary N) is 1. The van der Waals surface area contributed by atoms with Crippen molar-refractivity contribution in [2.45, 2.75) is 46.2 Å². The Hall–Kier alpha value is -1.09. The fourth-order valence-electron chi connectivity index (χ4n) is 1.48. The van der Waals surface area contributed by atoms with Crippen LogP contribution in [0.4, 0.5) is 0 Å². The molecule has 0 saturated carbocycles. The van der Waals surface area contributed by atoms with Crippen molar-refractivity contribution >= 4 is 0 Å². The fourth-order valence-corrected chi connectivity index (χ4v) is 1.48. The molecule has 0 bridgehead atoms. The lowest BCUT2D eigenvalue weighted by molar-refractivity contribution is 0.594. The maximum atomic E-state index is 4.24. The molecule has 0 atom stereocenters. The van der Waals surface area contributed by atoms with Crippen LogP contribution in [0.3, 0.4) is 0 Å². The van der Waals surface area contributed by atoms with Gasteiger partial charge >= 0.3 is 0 Å². The molecule has 1 heterocycles. The van der Waals surface area contributed by atoms with Crippen LogP contribution in [0.1, 0.15) is 32.8 Å². The molecular formula is C13H23N3. The second-order valence-corrected chi connectivity index (χ2v) is 4.28. The molecule has 0 saturated heterocycles. The van der Waals surface area contributed by atoms with Gasteiger partial charge in [0.1, 0.15) is 0 Å². The molecule has 0 radical (unpaired) electrons. The molecule has 0 spiro atoms. The highest BCUT2D eigenvalue weighted by atomic mass is 15.3. The molecule has 1 N–H and O–H groups in total. The van der Waals surface area contributed by atoms with Gasteiger partial charge in [0, 0.05) is 18.8 Å². The Morgan fingerprint density at radius 2 is 2.25 bits per heavy atom. The minimum absolute atomic E-state index is 0.580. The first-order valence-corrected chi connectivity index (χ1v) is 6.12. The van der Waals surface area contributed by atoms with E-state index in [1.165, 1.54) is 5.56 Å².